The second kappa shape index (κ2) is 9.49. The molecule has 4 aromatic rings. The van der Waals surface area contributed by atoms with Gasteiger partial charge < -0.3 is 10.2 Å². The van der Waals surface area contributed by atoms with Crippen molar-refractivity contribution in [2.24, 2.45) is 5.92 Å². The van der Waals surface area contributed by atoms with Gasteiger partial charge in [0.15, 0.2) is 11.6 Å². The molecule has 3 aliphatic rings. The van der Waals surface area contributed by atoms with Gasteiger partial charge >= 0.3 is 0 Å². The third kappa shape index (κ3) is 3.51. The molecule has 0 saturated carbocycles. The number of hydrogen-bond acceptors (Lipinski definition) is 6. The van der Waals surface area contributed by atoms with Crippen LogP contribution >= 0.6 is 11.6 Å². The number of carbonyl (C=O) groups excluding carboxylic acids is 3. The van der Waals surface area contributed by atoms with Crippen LogP contribution < -0.4 is 5.32 Å². The van der Waals surface area contributed by atoms with Crippen molar-refractivity contribution in [3.63, 3.8) is 0 Å². The number of para-hydroxylation sites is 1. The van der Waals surface area contributed by atoms with Crippen molar-refractivity contribution < 1.29 is 19.3 Å². The molecule has 1 saturated heterocycles. The normalized spacial score (nSPS) is 23.2. The van der Waals surface area contributed by atoms with E-state index in [9.17, 15) is 24.5 Å². The van der Waals surface area contributed by atoms with Gasteiger partial charge in [-0.3, -0.25) is 24.5 Å². The first-order valence-electron chi connectivity index (χ1n) is 13.4. The molecule has 3 aliphatic heterocycles. The van der Waals surface area contributed by atoms with Gasteiger partial charge in [0.2, 0.25) is 5.91 Å². The number of nitrogens with zero attached hydrogens (tertiary/aromatic N) is 2. The van der Waals surface area contributed by atoms with Gasteiger partial charge in [-0.25, -0.2) is 0 Å². The van der Waals surface area contributed by atoms with Gasteiger partial charge in [0, 0.05) is 35.1 Å². The van der Waals surface area contributed by atoms with Crippen LogP contribution in [-0.4, -0.2) is 33.3 Å². The zero-order valence-corrected chi connectivity index (χ0v) is 22.7. The largest absolute Gasteiger partial charge is 0.358 e. The molecule has 4 aromatic carbocycles. The topological polar surface area (TPSA) is 110 Å². The first-order chi connectivity index (χ1) is 20.3. The van der Waals surface area contributed by atoms with Crippen molar-refractivity contribution >= 4 is 46.5 Å². The van der Waals surface area contributed by atoms with Crippen LogP contribution in [0.3, 0.4) is 0 Å². The van der Waals surface area contributed by atoms with E-state index in [1.54, 1.807) is 47.5 Å². The van der Waals surface area contributed by atoms with Crippen molar-refractivity contribution in [2.45, 2.75) is 17.5 Å². The van der Waals surface area contributed by atoms with E-state index in [4.69, 9.17) is 11.6 Å². The number of amides is 1. The molecular formula is C33H22ClN3O5. The number of hydrogen-bond donors (Lipinski definition) is 1. The molecular weight excluding hydrogens is 554 g/mol. The van der Waals surface area contributed by atoms with E-state index in [2.05, 4.69) is 5.32 Å². The third-order valence-electron chi connectivity index (χ3n) is 8.60. The Kier molecular flexibility index (Phi) is 5.85. The average molecular weight is 576 g/mol. The lowest BCUT2D eigenvalue weighted by molar-refractivity contribution is -0.384. The molecule has 206 valence electrons. The maximum atomic E-state index is 14.8. The van der Waals surface area contributed by atoms with E-state index in [1.807, 2.05) is 42.5 Å². The molecule has 42 heavy (non-hydrogen) atoms. The van der Waals surface area contributed by atoms with Crippen molar-refractivity contribution in [1.29, 1.82) is 0 Å². The SMILES string of the molecule is O=C(c1cccc([N+](=O)[O-])c1)[C@@H]1[C@H](C(=O)c2ccccc2Cl)[C@]2(C(=O)Nc3ccccc32)[C@@H]2c3ccccc3C=CN12. The third-order valence-corrected chi connectivity index (χ3v) is 8.93. The van der Waals surface area contributed by atoms with Gasteiger partial charge in [0.1, 0.15) is 11.5 Å². The predicted molar refractivity (Wildman–Crippen MR) is 157 cm³/mol. The van der Waals surface area contributed by atoms with Crippen molar-refractivity contribution in [1.82, 2.24) is 4.90 Å². The Balaban J connectivity index is 1.54. The Labute approximate surface area is 245 Å². The summed E-state index contributed by atoms with van der Waals surface area (Å²) in [6, 6.07) is 24.9. The van der Waals surface area contributed by atoms with Crippen LogP contribution in [0.1, 0.15) is 43.4 Å². The lowest BCUT2D eigenvalue weighted by atomic mass is 9.62. The number of anilines is 1. The van der Waals surface area contributed by atoms with Gasteiger partial charge in [-0.15, -0.1) is 0 Å². The number of nitro benzene ring substituents is 1. The van der Waals surface area contributed by atoms with E-state index >= 15 is 0 Å². The zero-order valence-electron chi connectivity index (χ0n) is 21.9. The summed E-state index contributed by atoms with van der Waals surface area (Å²) in [5.74, 6) is -2.60. The number of nitro groups is 1. The van der Waals surface area contributed by atoms with Crippen LogP contribution in [0.25, 0.3) is 6.08 Å². The van der Waals surface area contributed by atoms with E-state index < -0.39 is 45.8 Å². The Hall–Kier alpha value is -5.08. The number of ketones is 2. The molecule has 1 spiro atoms. The highest BCUT2D eigenvalue weighted by atomic mass is 35.5. The molecule has 1 amide bonds. The predicted octanol–water partition coefficient (Wildman–Crippen LogP) is 6.23. The number of fused-ring (bicyclic) bond motifs is 6. The molecule has 1 fully saturated rings. The summed E-state index contributed by atoms with van der Waals surface area (Å²) in [5.41, 5.74) is 1.32. The molecule has 8 nitrogen and oxygen atoms in total. The first kappa shape index (κ1) is 25.9. The Morgan fingerprint density at radius 1 is 0.905 bits per heavy atom. The van der Waals surface area contributed by atoms with E-state index in [-0.39, 0.29) is 21.8 Å². The van der Waals surface area contributed by atoms with Gasteiger partial charge in [0.25, 0.3) is 5.69 Å². The molecule has 9 heteroatoms. The molecule has 0 radical (unpaired) electrons. The van der Waals surface area contributed by atoms with Crippen LogP contribution in [0.2, 0.25) is 5.02 Å². The summed E-state index contributed by atoms with van der Waals surface area (Å²) in [5, 5.41) is 14.8. The van der Waals surface area contributed by atoms with E-state index in [1.165, 1.54) is 24.3 Å². The highest BCUT2D eigenvalue weighted by molar-refractivity contribution is 6.34. The van der Waals surface area contributed by atoms with Crippen molar-refractivity contribution in [3.05, 3.63) is 146 Å². The van der Waals surface area contributed by atoms with Crippen LogP contribution in [0, 0.1) is 16.0 Å². The Morgan fingerprint density at radius 2 is 1.64 bits per heavy atom. The smallest absolute Gasteiger partial charge is 0.270 e. The number of nitrogens with one attached hydrogen (secondary N) is 1. The molecule has 0 bridgehead atoms. The van der Waals surface area contributed by atoms with Crippen LogP contribution in [0.15, 0.2) is 103 Å². The summed E-state index contributed by atoms with van der Waals surface area (Å²) in [7, 11) is 0. The van der Waals surface area contributed by atoms with E-state index in [0.717, 1.165) is 11.1 Å². The fourth-order valence-corrected chi connectivity index (χ4v) is 7.17. The summed E-state index contributed by atoms with van der Waals surface area (Å²) >= 11 is 6.55. The number of Topliss-reactive ketones (excluding diaryl/α,β-unsaturated/α-hetero) is 2. The molecule has 1 N–H and O–H groups in total. The lowest BCUT2D eigenvalue weighted by Crippen LogP contribution is -2.49. The average Bonchev–Trinajstić information content (AvgIpc) is 3.49. The lowest BCUT2D eigenvalue weighted by Gasteiger charge is -2.38. The second-order valence-electron chi connectivity index (χ2n) is 10.6. The van der Waals surface area contributed by atoms with Gasteiger partial charge in [-0.2, -0.15) is 0 Å². The minimum atomic E-state index is -1.52. The molecule has 0 unspecified atom stereocenters. The minimum Gasteiger partial charge on any atom is -0.358 e. The number of carbonyl (C=O) groups is 3. The molecule has 0 aromatic heterocycles. The summed E-state index contributed by atoms with van der Waals surface area (Å²) in [6.07, 6.45) is 3.61. The Bertz CT molecular complexity index is 1870. The fraction of sp³-hybridized carbons (Fsp3) is 0.121. The van der Waals surface area contributed by atoms with Crippen LogP contribution in [-0.2, 0) is 10.2 Å². The van der Waals surface area contributed by atoms with Crippen LogP contribution in [0.4, 0.5) is 11.4 Å². The highest BCUT2D eigenvalue weighted by Crippen LogP contribution is 2.62. The molecule has 3 heterocycles. The Morgan fingerprint density at radius 3 is 2.45 bits per heavy atom. The van der Waals surface area contributed by atoms with Gasteiger partial charge in [-0.1, -0.05) is 78.3 Å². The number of rotatable bonds is 5. The number of benzene rings is 4. The highest BCUT2D eigenvalue weighted by Gasteiger charge is 2.70. The minimum absolute atomic E-state index is 0.0703. The fourth-order valence-electron chi connectivity index (χ4n) is 6.94. The quantitative estimate of drug-likeness (QED) is 0.172. The molecule has 4 atom stereocenters. The standard InChI is InChI=1S/C33H22ClN3O5/c34-25-14-5-3-12-23(25)30(39)27-28(29(38)20-9-7-10-21(18-20)37(41)42)36-17-16-19-8-1-2-11-22(19)31(36)33(27)24-13-4-6-15-26(24)35-32(33)40/h1-18,27-28,31H,(H,35,40)/t27-,28+,31+,33+/m1/s1. The summed E-state index contributed by atoms with van der Waals surface area (Å²) < 4.78 is 0. The van der Waals surface area contributed by atoms with Crippen LogP contribution in [0.5, 0.6) is 0 Å². The first-order valence-corrected chi connectivity index (χ1v) is 13.7. The van der Waals surface area contributed by atoms with Crippen molar-refractivity contribution in [2.75, 3.05) is 5.32 Å². The number of halogens is 1. The second-order valence-corrected chi connectivity index (χ2v) is 11.0. The maximum absolute atomic E-state index is 14.8. The van der Waals surface area contributed by atoms with Gasteiger partial charge in [-0.05, 0) is 41.0 Å². The maximum Gasteiger partial charge on any atom is 0.270 e. The zero-order chi connectivity index (χ0) is 29.2. The monoisotopic (exact) mass is 575 g/mol. The summed E-state index contributed by atoms with van der Waals surface area (Å²) in [6.45, 7) is 0. The summed E-state index contributed by atoms with van der Waals surface area (Å²) in [4.78, 5) is 56.6. The molecule has 0 aliphatic carbocycles. The van der Waals surface area contributed by atoms with Crippen molar-refractivity contribution in [3.8, 4) is 0 Å². The van der Waals surface area contributed by atoms with E-state index in [0.29, 0.717) is 11.3 Å². The number of non-ortho nitro benzene ring substituents is 1. The molecule has 7 rings (SSSR count). The van der Waals surface area contributed by atoms with Gasteiger partial charge in [0.05, 0.1) is 21.9 Å².